The lowest BCUT2D eigenvalue weighted by Crippen LogP contribution is -2.39. The molecule has 0 aliphatic rings. The van der Waals surface area contributed by atoms with E-state index >= 15 is 0 Å². The Morgan fingerprint density at radius 3 is 2.43 bits per heavy atom. The molecule has 0 saturated heterocycles. The van der Waals surface area contributed by atoms with Crippen LogP contribution in [-0.2, 0) is 14.3 Å². The van der Waals surface area contributed by atoms with Gasteiger partial charge in [-0.25, -0.2) is 9.78 Å². The number of ether oxygens (including phenoxy) is 2. The SMILES string of the molecule is C=CC(=O)Nc1ccccc1Nc1nc(Nc2ccc(N(CCNC(=O)OC(C)(C)C)C(C)=O)cc2OC)ncc1Cl. The van der Waals surface area contributed by atoms with Crippen LogP contribution in [0.3, 0.4) is 0 Å². The Hall–Kier alpha value is -4.84. The maximum atomic E-state index is 12.4. The Balaban J connectivity index is 1.77. The maximum absolute atomic E-state index is 12.4. The highest BCUT2D eigenvalue weighted by atomic mass is 35.5. The number of para-hydroxylation sites is 2. The molecule has 0 spiro atoms. The van der Waals surface area contributed by atoms with Gasteiger partial charge < -0.3 is 35.6 Å². The van der Waals surface area contributed by atoms with Gasteiger partial charge in [-0.05, 0) is 51.1 Å². The van der Waals surface area contributed by atoms with Crippen molar-refractivity contribution < 1.29 is 23.9 Å². The monoisotopic (exact) mass is 595 g/mol. The number of methoxy groups -OCH3 is 1. The highest BCUT2D eigenvalue weighted by Gasteiger charge is 2.18. The Bertz CT molecular complexity index is 1460. The second kappa shape index (κ2) is 14.2. The fourth-order valence-corrected chi connectivity index (χ4v) is 3.79. The molecule has 0 radical (unpaired) electrons. The minimum atomic E-state index is -0.626. The third kappa shape index (κ3) is 9.10. The Kier molecular flexibility index (Phi) is 10.7. The van der Waals surface area contributed by atoms with Crippen molar-refractivity contribution in [1.29, 1.82) is 0 Å². The molecular weight excluding hydrogens is 562 g/mol. The standard InChI is InChI=1S/C29H34ClN7O5/c1-7-25(39)33-21-10-8-9-11-22(21)34-26-20(30)17-32-27(36-26)35-23-13-12-19(16-24(23)41-6)37(18(2)38)15-14-31-28(40)42-29(3,4)5/h7-13,16-17H,1,14-15H2,2-6H3,(H,31,40)(H,33,39)(H2,32,34,35,36). The van der Waals surface area contributed by atoms with Crippen LogP contribution in [-0.4, -0.2) is 53.7 Å². The molecule has 13 heteroatoms. The van der Waals surface area contributed by atoms with E-state index in [4.69, 9.17) is 21.1 Å². The average molecular weight is 596 g/mol. The molecule has 0 saturated carbocycles. The van der Waals surface area contributed by atoms with E-state index in [0.29, 0.717) is 34.3 Å². The number of nitrogens with one attached hydrogen (secondary N) is 4. The van der Waals surface area contributed by atoms with Crippen LogP contribution in [0.1, 0.15) is 27.7 Å². The minimum Gasteiger partial charge on any atom is -0.494 e. The summed E-state index contributed by atoms with van der Waals surface area (Å²) in [6, 6.07) is 12.2. The molecule has 2 aromatic carbocycles. The summed E-state index contributed by atoms with van der Waals surface area (Å²) in [7, 11) is 1.50. The first-order valence-electron chi connectivity index (χ1n) is 12.9. The molecule has 1 aromatic heterocycles. The van der Waals surface area contributed by atoms with Crippen LogP contribution in [0.5, 0.6) is 5.75 Å². The molecule has 3 rings (SSSR count). The smallest absolute Gasteiger partial charge is 0.407 e. The summed E-state index contributed by atoms with van der Waals surface area (Å²) in [6.45, 7) is 10.6. The molecule has 0 bridgehead atoms. The lowest BCUT2D eigenvalue weighted by Gasteiger charge is -2.24. The zero-order valence-electron chi connectivity index (χ0n) is 24.1. The molecule has 42 heavy (non-hydrogen) atoms. The van der Waals surface area contributed by atoms with Gasteiger partial charge in [-0.15, -0.1) is 0 Å². The van der Waals surface area contributed by atoms with Gasteiger partial charge in [-0.1, -0.05) is 30.3 Å². The van der Waals surface area contributed by atoms with Gasteiger partial charge in [0.1, 0.15) is 16.4 Å². The van der Waals surface area contributed by atoms with Crippen LogP contribution in [0.25, 0.3) is 0 Å². The molecule has 0 atom stereocenters. The molecule has 0 aliphatic heterocycles. The second-order valence-electron chi connectivity index (χ2n) is 9.86. The van der Waals surface area contributed by atoms with Gasteiger partial charge in [-0.2, -0.15) is 4.98 Å². The first kappa shape index (κ1) is 31.7. The summed E-state index contributed by atoms with van der Waals surface area (Å²) in [5, 5.41) is 11.9. The highest BCUT2D eigenvalue weighted by Crippen LogP contribution is 2.33. The number of carbonyl (C=O) groups excluding carboxylic acids is 3. The van der Waals surface area contributed by atoms with Gasteiger partial charge in [0.05, 0.1) is 30.4 Å². The molecule has 4 N–H and O–H groups in total. The minimum absolute atomic E-state index is 0.186. The summed E-state index contributed by atoms with van der Waals surface area (Å²) in [4.78, 5) is 46.4. The summed E-state index contributed by atoms with van der Waals surface area (Å²) >= 11 is 6.36. The van der Waals surface area contributed by atoms with Crippen molar-refractivity contribution in [3.8, 4) is 5.75 Å². The van der Waals surface area contributed by atoms with Crippen LogP contribution < -0.4 is 30.9 Å². The van der Waals surface area contributed by atoms with E-state index in [1.165, 1.54) is 31.2 Å². The zero-order chi connectivity index (χ0) is 30.9. The second-order valence-corrected chi connectivity index (χ2v) is 10.3. The van der Waals surface area contributed by atoms with Crippen molar-refractivity contribution in [2.45, 2.75) is 33.3 Å². The topological polar surface area (TPSA) is 147 Å². The maximum Gasteiger partial charge on any atom is 0.407 e. The lowest BCUT2D eigenvalue weighted by atomic mass is 10.2. The predicted molar refractivity (Wildman–Crippen MR) is 164 cm³/mol. The normalized spacial score (nSPS) is 10.7. The Morgan fingerprint density at radius 2 is 1.79 bits per heavy atom. The molecule has 1 heterocycles. The fourth-order valence-electron chi connectivity index (χ4n) is 3.65. The van der Waals surface area contributed by atoms with Crippen LogP contribution in [0.4, 0.5) is 39.3 Å². The van der Waals surface area contributed by atoms with E-state index in [0.717, 1.165) is 0 Å². The molecule has 0 aliphatic carbocycles. The number of hydrogen-bond acceptors (Lipinski definition) is 9. The van der Waals surface area contributed by atoms with Gasteiger partial charge in [0.15, 0.2) is 5.82 Å². The van der Waals surface area contributed by atoms with E-state index in [9.17, 15) is 14.4 Å². The predicted octanol–water partition coefficient (Wildman–Crippen LogP) is 5.63. The van der Waals surface area contributed by atoms with E-state index < -0.39 is 11.7 Å². The van der Waals surface area contributed by atoms with Crippen molar-refractivity contribution >= 4 is 64.0 Å². The van der Waals surface area contributed by atoms with Crippen LogP contribution >= 0.6 is 11.6 Å². The van der Waals surface area contributed by atoms with Crippen molar-refractivity contribution in [3.63, 3.8) is 0 Å². The molecule has 12 nitrogen and oxygen atoms in total. The van der Waals surface area contributed by atoms with Gasteiger partial charge in [0, 0.05) is 31.8 Å². The first-order valence-corrected chi connectivity index (χ1v) is 13.3. The summed E-state index contributed by atoms with van der Waals surface area (Å²) < 4.78 is 10.8. The number of carbonyl (C=O) groups is 3. The number of anilines is 6. The van der Waals surface area contributed by atoms with E-state index in [2.05, 4.69) is 37.8 Å². The fraction of sp³-hybridized carbons (Fsp3) is 0.276. The Labute approximate surface area is 249 Å². The van der Waals surface area contributed by atoms with Gasteiger partial charge >= 0.3 is 6.09 Å². The van der Waals surface area contributed by atoms with Gasteiger partial charge in [-0.3, -0.25) is 9.59 Å². The number of benzene rings is 2. The lowest BCUT2D eigenvalue weighted by molar-refractivity contribution is -0.116. The quantitative estimate of drug-likeness (QED) is 0.207. The molecular formula is C29H34ClN7O5. The number of aromatic nitrogens is 2. The number of nitrogens with zero attached hydrogens (tertiary/aromatic N) is 3. The third-order valence-electron chi connectivity index (χ3n) is 5.49. The molecule has 222 valence electrons. The highest BCUT2D eigenvalue weighted by molar-refractivity contribution is 6.33. The number of rotatable bonds is 11. The van der Waals surface area contributed by atoms with E-state index in [1.54, 1.807) is 63.2 Å². The molecule has 0 unspecified atom stereocenters. The molecule has 0 fully saturated rings. The van der Waals surface area contributed by atoms with Gasteiger partial charge in [0.25, 0.3) is 0 Å². The van der Waals surface area contributed by atoms with Gasteiger partial charge in [0.2, 0.25) is 17.8 Å². The van der Waals surface area contributed by atoms with Crippen molar-refractivity contribution in [2.24, 2.45) is 0 Å². The van der Waals surface area contributed by atoms with E-state index in [-0.39, 0.29) is 35.9 Å². The third-order valence-corrected chi connectivity index (χ3v) is 5.77. The first-order chi connectivity index (χ1) is 19.9. The largest absolute Gasteiger partial charge is 0.494 e. The number of amides is 3. The van der Waals surface area contributed by atoms with E-state index in [1.807, 2.05) is 0 Å². The van der Waals surface area contributed by atoms with Crippen LogP contribution in [0.2, 0.25) is 5.02 Å². The summed E-state index contributed by atoms with van der Waals surface area (Å²) in [6.07, 6.45) is 2.04. The van der Waals surface area contributed by atoms with Crippen molar-refractivity contribution in [2.75, 3.05) is 41.0 Å². The Morgan fingerprint density at radius 1 is 1.07 bits per heavy atom. The number of alkyl carbamates (subject to hydrolysis) is 1. The van der Waals surface area contributed by atoms with Crippen LogP contribution in [0, 0.1) is 0 Å². The average Bonchev–Trinajstić information content (AvgIpc) is 2.93. The summed E-state index contributed by atoms with van der Waals surface area (Å²) in [5.74, 6) is 0.351. The number of halogens is 1. The van der Waals surface area contributed by atoms with Crippen molar-refractivity contribution in [1.82, 2.24) is 15.3 Å². The van der Waals surface area contributed by atoms with Crippen molar-refractivity contribution in [3.05, 3.63) is 66.3 Å². The number of hydrogen-bond donors (Lipinski definition) is 4. The molecule has 3 aromatic rings. The zero-order valence-corrected chi connectivity index (χ0v) is 24.8. The summed E-state index contributed by atoms with van der Waals surface area (Å²) in [5.41, 5.74) is 1.54. The molecule has 3 amide bonds. The van der Waals surface area contributed by atoms with Crippen LogP contribution in [0.15, 0.2) is 61.3 Å².